The van der Waals surface area contributed by atoms with E-state index in [0.29, 0.717) is 4.31 Å². The Labute approximate surface area is 142 Å². The van der Waals surface area contributed by atoms with Gasteiger partial charge in [-0.1, -0.05) is 18.2 Å². The first-order chi connectivity index (χ1) is 11.8. The minimum absolute atomic E-state index is 0.0168. The second-order valence-electron chi connectivity index (χ2n) is 5.25. The Morgan fingerprint density at radius 3 is 2.48 bits per heavy atom. The number of carboxylic acids is 1. The molecule has 2 aromatic carbocycles. The summed E-state index contributed by atoms with van der Waals surface area (Å²) in [5.41, 5.74) is 0.171. The summed E-state index contributed by atoms with van der Waals surface area (Å²) in [6, 6.07) is 11.2. The summed E-state index contributed by atoms with van der Waals surface area (Å²) < 4.78 is 25.2. The van der Waals surface area contributed by atoms with Gasteiger partial charge >= 0.3 is 5.97 Å². The molecule has 1 aliphatic rings. The van der Waals surface area contributed by atoms with Gasteiger partial charge in [0.05, 0.1) is 11.1 Å². The third-order valence-corrected chi connectivity index (χ3v) is 5.38. The van der Waals surface area contributed by atoms with Crippen molar-refractivity contribution in [3.63, 3.8) is 0 Å². The molecule has 128 valence electrons. The van der Waals surface area contributed by atoms with Crippen molar-refractivity contribution in [1.29, 1.82) is 0 Å². The average Bonchev–Trinajstić information content (AvgIpc) is 2.76. The molecule has 0 bridgehead atoms. The maximum Gasteiger partial charge on any atom is 0.335 e. The van der Waals surface area contributed by atoms with Crippen LogP contribution in [0.1, 0.15) is 20.7 Å². The van der Waals surface area contributed by atoms with Crippen LogP contribution in [0.25, 0.3) is 0 Å². The lowest BCUT2D eigenvalue weighted by molar-refractivity contribution is -0.116. The number of nitrogens with one attached hydrogen (secondary N) is 1. The van der Waals surface area contributed by atoms with Crippen LogP contribution in [0.3, 0.4) is 0 Å². The Morgan fingerprint density at radius 1 is 1.08 bits per heavy atom. The van der Waals surface area contributed by atoms with Crippen LogP contribution in [0.4, 0.5) is 5.69 Å². The summed E-state index contributed by atoms with van der Waals surface area (Å²) in [4.78, 5) is 35.1. The van der Waals surface area contributed by atoms with Crippen LogP contribution in [0.5, 0.6) is 0 Å². The zero-order valence-electron chi connectivity index (χ0n) is 12.7. The van der Waals surface area contributed by atoms with E-state index < -0.39 is 34.4 Å². The summed E-state index contributed by atoms with van der Waals surface area (Å²) in [6.45, 7) is -0.701. The molecule has 0 unspecified atom stereocenters. The second kappa shape index (κ2) is 6.02. The molecule has 0 spiro atoms. The first-order valence-corrected chi connectivity index (χ1v) is 8.54. The fourth-order valence-corrected chi connectivity index (χ4v) is 3.97. The highest BCUT2D eigenvalue weighted by molar-refractivity contribution is 7.90. The molecule has 9 heteroatoms. The molecule has 0 aliphatic carbocycles. The van der Waals surface area contributed by atoms with Crippen LogP contribution >= 0.6 is 0 Å². The van der Waals surface area contributed by atoms with Crippen molar-refractivity contribution in [2.45, 2.75) is 4.90 Å². The van der Waals surface area contributed by atoms with Gasteiger partial charge in [-0.3, -0.25) is 9.59 Å². The smallest absolute Gasteiger partial charge is 0.335 e. The number of benzene rings is 2. The molecule has 2 N–H and O–H groups in total. The minimum atomic E-state index is -4.08. The van der Waals surface area contributed by atoms with Crippen molar-refractivity contribution >= 4 is 33.5 Å². The maximum absolute atomic E-state index is 12.4. The molecule has 25 heavy (non-hydrogen) atoms. The maximum atomic E-state index is 12.4. The van der Waals surface area contributed by atoms with Crippen molar-refractivity contribution < 1.29 is 27.9 Å². The summed E-state index contributed by atoms with van der Waals surface area (Å²) in [6.07, 6.45) is 0. The summed E-state index contributed by atoms with van der Waals surface area (Å²) in [5.74, 6) is -2.69. The van der Waals surface area contributed by atoms with Crippen molar-refractivity contribution in [3.8, 4) is 0 Å². The van der Waals surface area contributed by atoms with E-state index in [1.807, 2.05) is 0 Å². The molecular formula is C16H12N2O6S. The molecule has 0 fully saturated rings. The Hall–Kier alpha value is -3.20. The van der Waals surface area contributed by atoms with Crippen LogP contribution in [0.2, 0.25) is 0 Å². The molecule has 2 amide bonds. The molecule has 2 aromatic rings. The van der Waals surface area contributed by atoms with Gasteiger partial charge in [0.1, 0.15) is 11.4 Å². The SMILES string of the molecule is O=C(CN1C(=O)c2ccccc2S1(=O)=O)Nc1cccc(C(=O)O)c1. The number of sulfonamides is 1. The van der Waals surface area contributed by atoms with E-state index in [1.54, 1.807) is 0 Å². The van der Waals surface area contributed by atoms with Gasteiger partial charge in [-0.05, 0) is 30.3 Å². The summed E-state index contributed by atoms with van der Waals surface area (Å²) in [7, 11) is -4.08. The van der Waals surface area contributed by atoms with Gasteiger partial charge in [-0.2, -0.15) is 0 Å². The van der Waals surface area contributed by atoms with Gasteiger partial charge in [0.2, 0.25) is 5.91 Å². The summed E-state index contributed by atoms with van der Waals surface area (Å²) in [5, 5.41) is 11.3. The highest BCUT2D eigenvalue weighted by atomic mass is 32.2. The zero-order chi connectivity index (χ0) is 18.2. The molecule has 0 saturated carbocycles. The van der Waals surface area contributed by atoms with Crippen LogP contribution in [-0.4, -0.2) is 42.2 Å². The number of carbonyl (C=O) groups is 3. The normalized spacial score (nSPS) is 14.9. The highest BCUT2D eigenvalue weighted by Gasteiger charge is 2.41. The third-order valence-electron chi connectivity index (χ3n) is 3.59. The van der Waals surface area contributed by atoms with Gasteiger partial charge in [-0.25, -0.2) is 17.5 Å². The van der Waals surface area contributed by atoms with E-state index in [9.17, 15) is 22.8 Å². The number of aromatic carboxylic acids is 1. The van der Waals surface area contributed by atoms with Crippen LogP contribution in [0, 0.1) is 0 Å². The number of fused-ring (bicyclic) bond motifs is 1. The number of hydrogen-bond acceptors (Lipinski definition) is 5. The molecule has 8 nitrogen and oxygen atoms in total. The van der Waals surface area contributed by atoms with E-state index in [4.69, 9.17) is 5.11 Å². The van der Waals surface area contributed by atoms with Crippen LogP contribution in [-0.2, 0) is 14.8 Å². The topological polar surface area (TPSA) is 121 Å². The number of amides is 2. The molecule has 0 saturated heterocycles. The number of nitrogens with zero attached hydrogens (tertiary/aromatic N) is 1. The van der Waals surface area contributed by atoms with Crippen LogP contribution < -0.4 is 5.32 Å². The van der Waals surface area contributed by atoms with E-state index in [0.717, 1.165) is 0 Å². The number of carbonyl (C=O) groups excluding carboxylic acids is 2. The number of anilines is 1. The Balaban J connectivity index is 1.79. The van der Waals surface area contributed by atoms with Crippen molar-refractivity contribution in [3.05, 3.63) is 59.7 Å². The molecule has 0 radical (unpaired) electrons. The predicted octanol–water partition coefficient (Wildman–Crippen LogP) is 1.17. The molecule has 3 rings (SSSR count). The minimum Gasteiger partial charge on any atom is -0.478 e. The first-order valence-electron chi connectivity index (χ1n) is 7.10. The second-order valence-corrected chi connectivity index (χ2v) is 7.08. The van der Waals surface area contributed by atoms with Crippen molar-refractivity contribution in [2.24, 2.45) is 0 Å². The molecule has 1 aliphatic heterocycles. The fraction of sp³-hybridized carbons (Fsp3) is 0.0625. The van der Waals surface area contributed by atoms with E-state index in [2.05, 4.69) is 5.32 Å². The van der Waals surface area contributed by atoms with Crippen molar-refractivity contribution in [1.82, 2.24) is 4.31 Å². The van der Waals surface area contributed by atoms with E-state index >= 15 is 0 Å². The molecule has 0 atom stereocenters. The average molecular weight is 360 g/mol. The van der Waals surface area contributed by atoms with Gasteiger partial charge in [0.15, 0.2) is 0 Å². The largest absolute Gasteiger partial charge is 0.478 e. The Bertz CT molecular complexity index is 999. The van der Waals surface area contributed by atoms with Crippen LogP contribution in [0.15, 0.2) is 53.4 Å². The Kier molecular flexibility index (Phi) is 4.01. The van der Waals surface area contributed by atoms with Gasteiger partial charge in [-0.15, -0.1) is 0 Å². The lowest BCUT2D eigenvalue weighted by atomic mass is 10.2. The summed E-state index contributed by atoms with van der Waals surface area (Å²) >= 11 is 0. The van der Waals surface area contributed by atoms with Gasteiger partial charge < -0.3 is 10.4 Å². The fourth-order valence-electron chi connectivity index (χ4n) is 2.45. The van der Waals surface area contributed by atoms with E-state index in [1.165, 1.54) is 48.5 Å². The van der Waals surface area contributed by atoms with Gasteiger partial charge in [0, 0.05) is 5.69 Å². The molecule has 0 aromatic heterocycles. The molecule has 1 heterocycles. The highest BCUT2D eigenvalue weighted by Crippen LogP contribution is 2.29. The monoisotopic (exact) mass is 360 g/mol. The lowest BCUT2D eigenvalue weighted by Gasteiger charge is -2.15. The predicted molar refractivity (Wildman–Crippen MR) is 86.7 cm³/mol. The number of carboxylic acid groups (broad SMARTS) is 1. The van der Waals surface area contributed by atoms with Gasteiger partial charge in [0.25, 0.3) is 15.9 Å². The first kappa shape index (κ1) is 16.7. The molecular weight excluding hydrogens is 348 g/mol. The standard InChI is InChI=1S/C16H12N2O6S/c19-14(17-11-5-3-4-10(8-11)16(21)22)9-18-15(20)12-6-1-2-7-13(12)25(18,23)24/h1-8H,9H2,(H,17,19)(H,21,22). The third kappa shape index (κ3) is 2.96. The number of hydrogen-bond donors (Lipinski definition) is 2. The van der Waals surface area contributed by atoms with Crippen molar-refractivity contribution in [2.75, 3.05) is 11.9 Å². The quantitative estimate of drug-likeness (QED) is 0.844. The lowest BCUT2D eigenvalue weighted by Crippen LogP contribution is -2.37. The van der Waals surface area contributed by atoms with E-state index in [-0.39, 0.29) is 21.7 Å². The number of rotatable bonds is 4. The zero-order valence-corrected chi connectivity index (χ0v) is 13.5. The Morgan fingerprint density at radius 2 is 1.80 bits per heavy atom.